The fraction of sp³-hybridized carbons (Fsp3) is 0.231. The molecule has 0 heterocycles. The minimum Gasteiger partial charge on any atom is -0.350 e. The molecule has 0 fully saturated rings. The van der Waals surface area contributed by atoms with E-state index in [1.165, 1.54) is 0 Å². The lowest BCUT2D eigenvalue weighted by Crippen LogP contribution is -2.47. The molecular formula is C26H25Cl3N2O2. The van der Waals surface area contributed by atoms with Crippen molar-refractivity contribution in [2.24, 2.45) is 0 Å². The van der Waals surface area contributed by atoms with Gasteiger partial charge in [0.2, 0.25) is 11.8 Å². The summed E-state index contributed by atoms with van der Waals surface area (Å²) in [6.45, 7) is 2.28. The summed E-state index contributed by atoms with van der Waals surface area (Å²) in [7, 11) is 0. The lowest BCUT2D eigenvalue weighted by Gasteiger charge is -2.29. The highest BCUT2D eigenvalue weighted by Crippen LogP contribution is 2.21. The summed E-state index contributed by atoms with van der Waals surface area (Å²) in [5, 5.41) is 4.51. The van der Waals surface area contributed by atoms with Crippen molar-refractivity contribution in [3.8, 4) is 0 Å². The first kappa shape index (κ1) is 25.1. The molecule has 3 aromatic rings. The molecule has 2 amide bonds. The van der Waals surface area contributed by atoms with E-state index in [0.29, 0.717) is 34.5 Å². The van der Waals surface area contributed by atoms with Gasteiger partial charge in [0, 0.05) is 34.6 Å². The lowest BCUT2D eigenvalue weighted by atomic mass is 10.1. The van der Waals surface area contributed by atoms with Crippen LogP contribution in [0.4, 0.5) is 0 Å². The van der Waals surface area contributed by atoms with E-state index in [2.05, 4.69) is 5.32 Å². The van der Waals surface area contributed by atoms with Gasteiger partial charge < -0.3 is 10.2 Å². The molecule has 7 heteroatoms. The molecule has 0 unspecified atom stereocenters. The van der Waals surface area contributed by atoms with Crippen LogP contribution < -0.4 is 5.32 Å². The van der Waals surface area contributed by atoms with Crippen LogP contribution in [0.25, 0.3) is 0 Å². The summed E-state index contributed by atoms with van der Waals surface area (Å²) in [5.74, 6) is -0.357. The molecule has 0 aromatic heterocycles. The predicted molar refractivity (Wildman–Crippen MR) is 135 cm³/mol. The minimum atomic E-state index is -0.671. The molecule has 3 aromatic carbocycles. The lowest BCUT2D eigenvalue weighted by molar-refractivity contribution is -0.140. The van der Waals surface area contributed by atoms with E-state index in [9.17, 15) is 9.59 Å². The van der Waals surface area contributed by atoms with Crippen LogP contribution in [0.2, 0.25) is 15.1 Å². The van der Waals surface area contributed by atoms with Crippen molar-refractivity contribution in [2.45, 2.75) is 38.9 Å². The maximum atomic E-state index is 13.2. The van der Waals surface area contributed by atoms with Crippen molar-refractivity contribution >= 4 is 46.6 Å². The van der Waals surface area contributed by atoms with Gasteiger partial charge in [-0.3, -0.25) is 9.59 Å². The van der Waals surface area contributed by atoms with Crippen molar-refractivity contribution in [1.29, 1.82) is 0 Å². The monoisotopic (exact) mass is 502 g/mol. The molecule has 33 heavy (non-hydrogen) atoms. The maximum absolute atomic E-state index is 13.2. The normalized spacial score (nSPS) is 11.6. The quantitative estimate of drug-likeness (QED) is 0.372. The molecule has 0 saturated heterocycles. The summed E-state index contributed by atoms with van der Waals surface area (Å²) in [4.78, 5) is 27.7. The molecule has 1 atom stereocenters. The number of hydrogen-bond donors (Lipinski definition) is 1. The Balaban J connectivity index is 1.70. The summed E-state index contributed by atoms with van der Waals surface area (Å²) >= 11 is 18.2. The highest BCUT2D eigenvalue weighted by molar-refractivity contribution is 6.35. The van der Waals surface area contributed by atoms with Gasteiger partial charge >= 0.3 is 0 Å². The second-order valence-corrected chi connectivity index (χ2v) is 9.04. The number of carbonyl (C=O) groups is 2. The standard InChI is InChI=1S/C26H25Cl3N2O2/c1-18(26(33)30-16-21-10-13-23(28)15-24(21)29)31(17-20-7-11-22(27)12-8-20)25(32)14-9-19-5-3-2-4-6-19/h2-8,10-13,15,18H,9,14,16-17H2,1H3,(H,30,33)/t18-/m0/s1. The number of amides is 2. The molecule has 172 valence electrons. The van der Waals surface area contributed by atoms with E-state index in [4.69, 9.17) is 34.8 Å². The summed E-state index contributed by atoms with van der Waals surface area (Å²) < 4.78 is 0. The van der Waals surface area contributed by atoms with Crippen LogP contribution in [0.3, 0.4) is 0 Å². The van der Waals surface area contributed by atoms with Crippen LogP contribution in [-0.4, -0.2) is 22.8 Å². The Morgan fingerprint density at radius 3 is 2.21 bits per heavy atom. The van der Waals surface area contributed by atoms with Crippen molar-refractivity contribution in [2.75, 3.05) is 0 Å². The minimum absolute atomic E-state index is 0.0963. The molecule has 0 bridgehead atoms. The van der Waals surface area contributed by atoms with E-state index in [1.807, 2.05) is 42.5 Å². The van der Waals surface area contributed by atoms with Gasteiger partial charge in [-0.15, -0.1) is 0 Å². The molecule has 0 saturated carbocycles. The third kappa shape index (κ3) is 7.50. The predicted octanol–water partition coefficient (Wildman–Crippen LogP) is 6.31. The Morgan fingerprint density at radius 2 is 1.55 bits per heavy atom. The van der Waals surface area contributed by atoms with Gasteiger partial charge in [0.1, 0.15) is 6.04 Å². The second kappa shape index (κ2) is 12.1. The number of aryl methyl sites for hydroxylation is 1. The van der Waals surface area contributed by atoms with Crippen LogP contribution >= 0.6 is 34.8 Å². The van der Waals surface area contributed by atoms with Crippen molar-refractivity contribution in [1.82, 2.24) is 10.2 Å². The highest BCUT2D eigenvalue weighted by Gasteiger charge is 2.26. The highest BCUT2D eigenvalue weighted by atomic mass is 35.5. The molecule has 3 rings (SSSR count). The van der Waals surface area contributed by atoms with Gasteiger partial charge in [-0.1, -0.05) is 83.3 Å². The van der Waals surface area contributed by atoms with E-state index < -0.39 is 6.04 Å². The Kier molecular flexibility index (Phi) is 9.19. The average molecular weight is 504 g/mol. The molecular weight excluding hydrogens is 479 g/mol. The number of halogens is 3. The van der Waals surface area contributed by atoms with Gasteiger partial charge in [-0.2, -0.15) is 0 Å². The SMILES string of the molecule is C[C@@H](C(=O)NCc1ccc(Cl)cc1Cl)N(Cc1ccc(Cl)cc1)C(=O)CCc1ccccc1. The molecule has 4 nitrogen and oxygen atoms in total. The topological polar surface area (TPSA) is 49.4 Å². The van der Waals surface area contributed by atoms with E-state index in [0.717, 1.165) is 16.7 Å². The van der Waals surface area contributed by atoms with Gasteiger partial charge in [0.15, 0.2) is 0 Å². The first-order valence-electron chi connectivity index (χ1n) is 10.6. The van der Waals surface area contributed by atoms with Crippen LogP contribution in [0.1, 0.15) is 30.0 Å². The van der Waals surface area contributed by atoms with Crippen molar-refractivity contribution in [3.05, 3.63) is 105 Å². The maximum Gasteiger partial charge on any atom is 0.242 e. The zero-order valence-corrected chi connectivity index (χ0v) is 20.5. The van der Waals surface area contributed by atoms with Gasteiger partial charge in [-0.25, -0.2) is 0 Å². The first-order valence-corrected chi connectivity index (χ1v) is 11.8. The van der Waals surface area contributed by atoms with Crippen LogP contribution in [0.5, 0.6) is 0 Å². The Morgan fingerprint density at radius 1 is 0.879 bits per heavy atom. The zero-order valence-electron chi connectivity index (χ0n) is 18.2. The largest absolute Gasteiger partial charge is 0.350 e. The van der Waals surface area contributed by atoms with Crippen LogP contribution in [0, 0.1) is 0 Å². The molecule has 0 aliphatic heterocycles. The van der Waals surface area contributed by atoms with Crippen LogP contribution in [-0.2, 0) is 29.1 Å². The number of nitrogens with zero attached hydrogens (tertiary/aromatic N) is 1. The van der Waals surface area contributed by atoms with Crippen molar-refractivity contribution in [3.63, 3.8) is 0 Å². The molecule has 0 spiro atoms. The molecule has 1 N–H and O–H groups in total. The van der Waals surface area contributed by atoms with Gasteiger partial charge in [-0.05, 0) is 54.3 Å². The van der Waals surface area contributed by atoms with Crippen molar-refractivity contribution < 1.29 is 9.59 Å². The Labute approximate surface area is 209 Å². The van der Waals surface area contributed by atoms with E-state index in [1.54, 1.807) is 42.2 Å². The van der Waals surface area contributed by atoms with Gasteiger partial charge in [0.05, 0.1) is 0 Å². The van der Waals surface area contributed by atoms with E-state index in [-0.39, 0.29) is 18.4 Å². The first-order chi connectivity index (χ1) is 15.8. The Bertz CT molecular complexity index is 1090. The number of rotatable bonds is 9. The fourth-order valence-corrected chi connectivity index (χ4v) is 4.01. The third-order valence-corrected chi connectivity index (χ3v) is 6.21. The molecule has 0 aliphatic carbocycles. The summed E-state index contributed by atoms with van der Waals surface area (Å²) in [6, 6.07) is 21.5. The van der Waals surface area contributed by atoms with Gasteiger partial charge in [0.25, 0.3) is 0 Å². The van der Waals surface area contributed by atoms with Crippen LogP contribution in [0.15, 0.2) is 72.8 Å². The number of nitrogens with one attached hydrogen (secondary N) is 1. The number of hydrogen-bond acceptors (Lipinski definition) is 2. The zero-order chi connectivity index (χ0) is 23.8. The van der Waals surface area contributed by atoms with E-state index >= 15 is 0 Å². The third-order valence-electron chi connectivity index (χ3n) is 5.37. The summed E-state index contributed by atoms with van der Waals surface area (Å²) in [5.41, 5.74) is 2.72. The Hall–Kier alpha value is -2.53. The second-order valence-electron chi connectivity index (χ2n) is 7.76. The summed E-state index contributed by atoms with van der Waals surface area (Å²) in [6.07, 6.45) is 0.906. The fourth-order valence-electron chi connectivity index (χ4n) is 3.40. The molecule has 0 aliphatic rings. The number of carbonyl (C=O) groups excluding carboxylic acids is 2. The molecule has 0 radical (unpaired) electrons. The average Bonchev–Trinajstić information content (AvgIpc) is 2.81. The smallest absolute Gasteiger partial charge is 0.242 e. The number of benzene rings is 3.